The first-order valence-electron chi connectivity index (χ1n) is 16.4. The molecule has 3 rings (SSSR count). The Bertz CT molecular complexity index is 1790. The van der Waals surface area contributed by atoms with Gasteiger partial charge in [-0.3, -0.25) is 0 Å². The summed E-state index contributed by atoms with van der Waals surface area (Å²) in [6.45, 7) is 15.4. The summed E-state index contributed by atoms with van der Waals surface area (Å²) in [5, 5.41) is 0. The molecule has 0 saturated carbocycles. The second kappa shape index (κ2) is 22.2. The zero-order valence-electron chi connectivity index (χ0n) is 29.1. The summed E-state index contributed by atoms with van der Waals surface area (Å²) >= 11 is 0. The Hall–Kier alpha value is -6.69. The second-order valence-corrected chi connectivity index (χ2v) is 10.9. The molecule has 0 spiro atoms. The van der Waals surface area contributed by atoms with Crippen LogP contribution >= 0.6 is 0 Å². The van der Waals surface area contributed by atoms with Crippen LogP contribution < -0.4 is 14.2 Å². The number of carbonyl (C=O) groups is 5. The molecule has 53 heavy (non-hydrogen) atoms. The molecule has 0 aromatic heterocycles. The van der Waals surface area contributed by atoms with Crippen LogP contribution in [0.2, 0.25) is 0 Å². The van der Waals surface area contributed by atoms with E-state index in [1.165, 1.54) is 36.4 Å². The lowest BCUT2D eigenvalue weighted by molar-refractivity contribution is -0.138. The lowest BCUT2D eigenvalue weighted by atomic mass is 10.2. The summed E-state index contributed by atoms with van der Waals surface area (Å²) in [4.78, 5) is 59.7. The van der Waals surface area contributed by atoms with Crippen LogP contribution in [0, 0.1) is 0 Å². The number of ether oxygens (including phenoxy) is 7. The average molecular weight is 725 g/mol. The maximum Gasteiger partial charge on any atom is 0.343 e. The minimum Gasteiger partial charge on any atom is -0.494 e. The highest BCUT2D eigenvalue weighted by molar-refractivity contribution is 5.92. The van der Waals surface area contributed by atoms with Gasteiger partial charge in [0, 0.05) is 12.2 Å². The Balaban J connectivity index is 1.36. The van der Waals surface area contributed by atoms with Crippen LogP contribution in [0.1, 0.15) is 56.8 Å². The molecule has 0 N–H and O–H groups in total. The first-order valence-corrected chi connectivity index (χ1v) is 16.4. The topological polar surface area (TPSA) is 150 Å². The molecular weight excluding hydrogens is 684 g/mol. The van der Waals surface area contributed by atoms with Crippen molar-refractivity contribution in [2.45, 2.75) is 25.7 Å². The first kappa shape index (κ1) is 40.7. The van der Waals surface area contributed by atoms with Crippen LogP contribution in [-0.2, 0) is 28.5 Å². The molecule has 0 bridgehead atoms. The molecular formula is C41H40O12. The van der Waals surface area contributed by atoms with Gasteiger partial charge in [0.15, 0.2) is 0 Å². The highest BCUT2D eigenvalue weighted by atomic mass is 16.6. The van der Waals surface area contributed by atoms with E-state index in [-0.39, 0.29) is 41.6 Å². The minimum atomic E-state index is -0.716. The maximum absolute atomic E-state index is 12.6. The molecule has 12 heteroatoms. The number of unbranched alkanes of at least 4 members (excludes halogenated alkanes) is 2. The Kier molecular flexibility index (Phi) is 17.1. The van der Waals surface area contributed by atoms with E-state index >= 15 is 0 Å². The number of hydrogen-bond acceptors (Lipinski definition) is 12. The zero-order valence-corrected chi connectivity index (χ0v) is 29.1. The summed E-state index contributed by atoms with van der Waals surface area (Å²) in [6.07, 6.45) is 7.48. The molecule has 276 valence electrons. The molecule has 0 saturated heterocycles. The van der Waals surface area contributed by atoms with E-state index < -0.39 is 29.8 Å². The number of hydrogen-bond donors (Lipinski definition) is 0. The Morgan fingerprint density at radius 2 is 0.811 bits per heavy atom. The number of benzene rings is 3. The van der Waals surface area contributed by atoms with Crippen LogP contribution in [-0.4, -0.2) is 56.3 Å². The van der Waals surface area contributed by atoms with Gasteiger partial charge in [0.2, 0.25) is 0 Å². The van der Waals surface area contributed by atoms with Gasteiger partial charge in [-0.1, -0.05) is 26.3 Å². The van der Waals surface area contributed by atoms with Crippen LogP contribution in [0.15, 0.2) is 135 Å². The molecule has 0 unspecified atom stereocenters. The van der Waals surface area contributed by atoms with Crippen LogP contribution in [0.3, 0.4) is 0 Å². The van der Waals surface area contributed by atoms with Crippen molar-refractivity contribution < 1.29 is 57.1 Å². The van der Waals surface area contributed by atoms with E-state index in [2.05, 4.69) is 26.3 Å². The molecule has 0 atom stereocenters. The molecule has 0 fully saturated rings. The van der Waals surface area contributed by atoms with Gasteiger partial charge in [0.1, 0.15) is 28.8 Å². The number of rotatable bonds is 22. The molecule has 0 aliphatic carbocycles. The second-order valence-electron chi connectivity index (χ2n) is 10.9. The third-order valence-corrected chi connectivity index (χ3v) is 6.82. The lowest BCUT2D eigenvalue weighted by Gasteiger charge is -2.09. The molecule has 0 heterocycles. The summed E-state index contributed by atoms with van der Waals surface area (Å²) in [6, 6.07) is 18.5. The third kappa shape index (κ3) is 15.4. The van der Waals surface area contributed by atoms with Gasteiger partial charge in [-0.15, -0.1) is 0 Å². The smallest absolute Gasteiger partial charge is 0.343 e. The highest BCUT2D eigenvalue weighted by Crippen LogP contribution is 2.19. The Labute approximate surface area is 307 Å². The van der Waals surface area contributed by atoms with Crippen molar-refractivity contribution in [2.75, 3.05) is 26.4 Å². The fraction of sp³-hybridized carbons (Fsp3) is 0.195. The van der Waals surface area contributed by atoms with E-state index in [1.54, 1.807) is 48.5 Å². The van der Waals surface area contributed by atoms with Crippen molar-refractivity contribution >= 4 is 29.8 Å². The molecule has 3 aromatic rings. The molecule has 0 radical (unpaired) electrons. The van der Waals surface area contributed by atoms with Gasteiger partial charge in [0.05, 0.1) is 43.1 Å². The van der Waals surface area contributed by atoms with E-state index in [0.717, 1.165) is 12.2 Å². The quantitative estimate of drug-likeness (QED) is 0.0195. The van der Waals surface area contributed by atoms with Gasteiger partial charge in [-0.05, 0) is 111 Å². The monoisotopic (exact) mass is 724 g/mol. The predicted octanol–water partition coefficient (Wildman–Crippen LogP) is 7.28. The molecule has 0 aliphatic rings. The summed E-state index contributed by atoms with van der Waals surface area (Å²) in [5.41, 5.74) is 0.734. The van der Waals surface area contributed by atoms with E-state index in [1.807, 2.05) is 0 Å². The van der Waals surface area contributed by atoms with Crippen molar-refractivity contribution in [2.24, 2.45) is 0 Å². The molecule has 3 aromatic carbocycles. The highest BCUT2D eigenvalue weighted by Gasteiger charge is 2.13. The first-order chi connectivity index (χ1) is 25.6. The average Bonchev–Trinajstić information content (AvgIpc) is 3.17. The van der Waals surface area contributed by atoms with E-state index in [9.17, 15) is 24.0 Å². The standard InChI is InChI=1S/C41H40O12/c1-5-37(42)49-27-9-7-25-47-34-19-13-31(14-20-34)39(44)51-29(3)11-12-30(4)52-40(45)32-17-23-36(24-18-32)53-41(46)33-15-21-35(22-16-33)48-26-8-10-28-50-38(43)6-2/h5-6,11-24H,1-4,7-10,25-28H2/b12-11-. The fourth-order valence-electron chi connectivity index (χ4n) is 4.06. The Morgan fingerprint density at radius 3 is 1.19 bits per heavy atom. The Morgan fingerprint density at radius 1 is 0.472 bits per heavy atom. The van der Waals surface area contributed by atoms with Gasteiger partial charge in [0.25, 0.3) is 0 Å². The zero-order chi connectivity index (χ0) is 38.4. The van der Waals surface area contributed by atoms with Crippen molar-refractivity contribution in [3.8, 4) is 17.2 Å². The SMILES string of the molecule is C=CC(=O)OCCCCOc1ccc(C(=O)OC(=C)/C=C\C(=C)OC(=O)c2ccc(OC(=O)c3ccc(OCCCCOC(=O)C=C)cc3)cc2)cc1. The van der Waals surface area contributed by atoms with E-state index in [4.69, 9.17) is 33.2 Å². The van der Waals surface area contributed by atoms with Crippen LogP contribution in [0.4, 0.5) is 0 Å². The van der Waals surface area contributed by atoms with Crippen LogP contribution in [0.25, 0.3) is 0 Å². The van der Waals surface area contributed by atoms with Gasteiger partial charge >= 0.3 is 29.8 Å². The molecule has 0 amide bonds. The van der Waals surface area contributed by atoms with Crippen LogP contribution in [0.5, 0.6) is 17.2 Å². The number of esters is 5. The van der Waals surface area contributed by atoms with E-state index in [0.29, 0.717) is 56.0 Å². The summed E-state index contributed by atoms with van der Waals surface area (Å²) < 4.78 is 36.9. The van der Waals surface area contributed by atoms with Gasteiger partial charge < -0.3 is 33.2 Å². The van der Waals surface area contributed by atoms with Gasteiger partial charge in [-0.25, -0.2) is 24.0 Å². The largest absolute Gasteiger partial charge is 0.494 e. The van der Waals surface area contributed by atoms with Crippen molar-refractivity contribution in [1.29, 1.82) is 0 Å². The number of carbonyl (C=O) groups excluding carboxylic acids is 5. The van der Waals surface area contributed by atoms with Crippen molar-refractivity contribution in [3.05, 3.63) is 152 Å². The lowest BCUT2D eigenvalue weighted by Crippen LogP contribution is -2.09. The minimum absolute atomic E-state index is 0.0151. The molecule has 0 aliphatic heterocycles. The summed E-state index contributed by atoms with van der Waals surface area (Å²) in [7, 11) is 0. The predicted molar refractivity (Wildman–Crippen MR) is 194 cm³/mol. The normalized spacial score (nSPS) is 10.3. The van der Waals surface area contributed by atoms with Crippen molar-refractivity contribution in [3.63, 3.8) is 0 Å². The maximum atomic E-state index is 12.6. The third-order valence-electron chi connectivity index (χ3n) is 6.82. The number of allylic oxidation sites excluding steroid dienone is 2. The fourth-order valence-corrected chi connectivity index (χ4v) is 4.06. The molecule has 12 nitrogen and oxygen atoms in total. The van der Waals surface area contributed by atoms with Gasteiger partial charge in [-0.2, -0.15) is 0 Å². The summed E-state index contributed by atoms with van der Waals surface area (Å²) in [5.74, 6) is -1.62. The van der Waals surface area contributed by atoms with Crippen molar-refractivity contribution in [1.82, 2.24) is 0 Å².